The molecule has 1 atom stereocenters. The van der Waals surface area contributed by atoms with E-state index in [0.717, 1.165) is 15.5 Å². The van der Waals surface area contributed by atoms with Crippen LogP contribution in [-0.4, -0.2) is 24.9 Å². The van der Waals surface area contributed by atoms with Crippen molar-refractivity contribution in [1.29, 1.82) is 0 Å². The molecule has 1 amide bonds. The van der Waals surface area contributed by atoms with E-state index < -0.39 is 0 Å². The fourth-order valence-electron chi connectivity index (χ4n) is 2.05. The van der Waals surface area contributed by atoms with Gasteiger partial charge in [-0.3, -0.25) is 4.79 Å². The number of fused-ring (bicyclic) bond motifs is 1. The summed E-state index contributed by atoms with van der Waals surface area (Å²) < 4.78 is 0. The molecule has 3 rings (SSSR count). The van der Waals surface area contributed by atoms with E-state index in [9.17, 15) is 4.79 Å². The predicted octanol–water partition coefficient (Wildman–Crippen LogP) is 2.65. The number of carbonyl (C=O) groups is 1. The molecule has 5 heteroatoms. The Hall–Kier alpha value is -2.14. The highest BCUT2D eigenvalue weighted by molar-refractivity contribution is 8.03. The quantitative estimate of drug-likeness (QED) is 0.927. The number of hydrogen-bond donors (Lipinski definition) is 1. The number of hydrogen-bond acceptors (Lipinski definition) is 4. The minimum atomic E-state index is -0.0760. The molecule has 100 valence electrons. The molecule has 1 aromatic carbocycles. The molecular formula is C15H13N3OS. The van der Waals surface area contributed by atoms with Gasteiger partial charge in [0.2, 0.25) is 0 Å². The van der Waals surface area contributed by atoms with Gasteiger partial charge in [-0.25, -0.2) is 0 Å². The summed E-state index contributed by atoms with van der Waals surface area (Å²) in [6.07, 6.45) is 7.96. The van der Waals surface area contributed by atoms with Crippen LogP contribution in [0.2, 0.25) is 0 Å². The van der Waals surface area contributed by atoms with Crippen molar-refractivity contribution < 1.29 is 4.79 Å². The van der Waals surface area contributed by atoms with Crippen LogP contribution in [0.25, 0.3) is 0 Å². The first-order valence-corrected chi connectivity index (χ1v) is 7.09. The summed E-state index contributed by atoms with van der Waals surface area (Å²) >= 11 is 1.56. The molecule has 20 heavy (non-hydrogen) atoms. The molecule has 2 aliphatic rings. The SMILES string of the molecule is CNC(=O)c1ccccc1SC1=CC2=NN=C[C@H]2C=C1. The number of rotatable bonds is 3. The molecule has 0 spiro atoms. The van der Waals surface area contributed by atoms with E-state index >= 15 is 0 Å². The maximum atomic E-state index is 11.9. The molecule has 1 aliphatic heterocycles. The van der Waals surface area contributed by atoms with E-state index in [4.69, 9.17) is 0 Å². The lowest BCUT2D eigenvalue weighted by Crippen LogP contribution is -2.18. The molecule has 0 fully saturated rings. The number of nitrogens with zero attached hydrogens (tertiary/aromatic N) is 2. The molecule has 1 aromatic rings. The summed E-state index contributed by atoms with van der Waals surface area (Å²) in [6.45, 7) is 0. The summed E-state index contributed by atoms with van der Waals surface area (Å²) in [7, 11) is 1.64. The fourth-order valence-corrected chi connectivity index (χ4v) is 3.05. The van der Waals surface area contributed by atoms with E-state index in [0.29, 0.717) is 5.56 Å². The maximum Gasteiger partial charge on any atom is 0.252 e. The van der Waals surface area contributed by atoms with E-state index in [1.54, 1.807) is 18.8 Å². The predicted molar refractivity (Wildman–Crippen MR) is 82.3 cm³/mol. The second kappa shape index (κ2) is 5.46. The first-order valence-electron chi connectivity index (χ1n) is 6.28. The van der Waals surface area contributed by atoms with Gasteiger partial charge in [0.1, 0.15) is 0 Å². The van der Waals surface area contributed by atoms with Crippen LogP contribution < -0.4 is 5.32 Å². The smallest absolute Gasteiger partial charge is 0.252 e. The number of thioether (sulfide) groups is 1. The zero-order valence-electron chi connectivity index (χ0n) is 10.9. The van der Waals surface area contributed by atoms with Crippen molar-refractivity contribution in [2.24, 2.45) is 16.1 Å². The fraction of sp³-hybridized carbons (Fsp3) is 0.133. The Kier molecular flexibility index (Phi) is 3.52. The normalized spacial score (nSPS) is 19.4. The number of amides is 1. The van der Waals surface area contributed by atoms with Crippen LogP contribution in [0.1, 0.15) is 10.4 Å². The van der Waals surface area contributed by atoms with Crippen molar-refractivity contribution in [2.75, 3.05) is 7.05 Å². The second-order valence-electron chi connectivity index (χ2n) is 4.40. The van der Waals surface area contributed by atoms with Crippen LogP contribution in [-0.2, 0) is 0 Å². The molecule has 0 saturated heterocycles. The second-order valence-corrected chi connectivity index (χ2v) is 5.51. The number of allylic oxidation sites excluding steroid dienone is 3. The van der Waals surface area contributed by atoms with Crippen LogP contribution in [0.5, 0.6) is 0 Å². The van der Waals surface area contributed by atoms with Crippen molar-refractivity contribution in [3.05, 3.63) is 53.0 Å². The van der Waals surface area contributed by atoms with Gasteiger partial charge in [0.15, 0.2) is 0 Å². The lowest BCUT2D eigenvalue weighted by Gasteiger charge is -2.12. The van der Waals surface area contributed by atoms with Gasteiger partial charge >= 0.3 is 0 Å². The molecule has 0 radical (unpaired) electrons. The van der Waals surface area contributed by atoms with Crippen LogP contribution in [0, 0.1) is 5.92 Å². The van der Waals surface area contributed by atoms with E-state index in [1.165, 1.54) is 0 Å². The number of nitrogens with one attached hydrogen (secondary N) is 1. The first kappa shape index (κ1) is 12.9. The van der Waals surface area contributed by atoms with Gasteiger partial charge in [0.25, 0.3) is 5.91 Å². The summed E-state index contributed by atoms with van der Waals surface area (Å²) in [5.74, 6) is 0.126. The minimum absolute atomic E-state index is 0.0760. The van der Waals surface area contributed by atoms with E-state index in [2.05, 4.69) is 21.6 Å². The highest BCUT2D eigenvalue weighted by Gasteiger charge is 2.19. The lowest BCUT2D eigenvalue weighted by molar-refractivity contribution is 0.0960. The number of benzene rings is 1. The highest BCUT2D eigenvalue weighted by atomic mass is 32.2. The molecule has 0 saturated carbocycles. The minimum Gasteiger partial charge on any atom is -0.355 e. The summed E-state index contributed by atoms with van der Waals surface area (Å²) in [5.41, 5.74) is 1.63. The molecule has 4 nitrogen and oxygen atoms in total. The average Bonchev–Trinajstić information content (AvgIpc) is 2.94. The van der Waals surface area contributed by atoms with Crippen molar-refractivity contribution in [3.8, 4) is 0 Å². The van der Waals surface area contributed by atoms with Gasteiger partial charge in [-0.2, -0.15) is 10.2 Å². The molecular weight excluding hydrogens is 270 g/mol. The third-order valence-electron chi connectivity index (χ3n) is 3.09. The zero-order chi connectivity index (χ0) is 13.9. The maximum absolute atomic E-state index is 11.9. The van der Waals surface area contributed by atoms with Crippen LogP contribution >= 0.6 is 11.8 Å². The number of carbonyl (C=O) groups excluding carboxylic acids is 1. The van der Waals surface area contributed by atoms with E-state index in [1.807, 2.05) is 42.6 Å². The van der Waals surface area contributed by atoms with E-state index in [-0.39, 0.29) is 11.8 Å². The molecule has 0 aromatic heterocycles. The Morgan fingerprint density at radius 2 is 2.20 bits per heavy atom. The first-order chi connectivity index (χ1) is 9.78. The standard InChI is InChI=1S/C15H13N3OS/c1-16-15(19)12-4-2-3-5-14(12)20-11-7-6-10-9-17-18-13(10)8-11/h2-10H,1H3,(H,16,19)/t10-/m1/s1. The molecule has 0 bridgehead atoms. The van der Waals surface area contributed by atoms with Gasteiger partial charge in [0, 0.05) is 23.1 Å². The van der Waals surface area contributed by atoms with Gasteiger partial charge in [-0.15, -0.1) is 0 Å². The largest absolute Gasteiger partial charge is 0.355 e. The van der Waals surface area contributed by atoms with Crippen molar-refractivity contribution in [1.82, 2.24) is 5.32 Å². The third kappa shape index (κ3) is 2.44. The van der Waals surface area contributed by atoms with Gasteiger partial charge in [-0.05, 0) is 18.2 Å². The molecule has 0 unspecified atom stereocenters. The Labute approximate surface area is 121 Å². The monoisotopic (exact) mass is 283 g/mol. The Bertz CT molecular complexity index is 673. The summed E-state index contributed by atoms with van der Waals surface area (Å²) in [6, 6.07) is 7.57. The Morgan fingerprint density at radius 1 is 1.35 bits per heavy atom. The Balaban J connectivity index is 1.86. The molecule has 1 aliphatic carbocycles. The highest BCUT2D eigenvalue weighted by Crippen LogP contribution is 2.33. The van der Waals surface area contributed by atoms with Crippen LogP contribution in [0.15, 0.2) is 62.5 Å². The van der Waals surface area contributed by atoms with Gasteiger partial charge < -0.3 is 5.32 Å². The average molecular weight is 283 g/mol. The summed E-state index contributed by atoms with van der Waals surface area (Å²) in [5, 5.41) is 10.7. The van der Waals surface area contributed by atoms with Crippen molar-refractivity contribution in [3.63, 3.8) is 0 Å². The molecule has 1 N–H and O–H groups in total. The molecule has 1 heterocycles. The van der Waals surface area contributed by atoms with Gasteiger partial charge in [0.05, 0.1) is 17.2 Å². The van der Waals surface area contributed by atoms with Crippen molar-refractivity contribution >= 4 is 29.6 Å². The Morgan fingerprint density at radius 3 is 3.05 bits per heavy atom. The van der Waals surface area contributed by atoms with Crippen LogP contribution in [0.3, 0.4) is 0 Å². The van der Waals surface area contributed by atoms with Gasteiger partial charge in [-0.1, -0.05) is 36.0 Å². The summed E-state index contributed by atoms with van der Waals surface area (Å²) in [4.78, 5) is 13.8. The topological polar surface area (TPSA) is 53.8 Å². The van der Waals surface area contributed by atoms with Crippen LogP contribution in [0.4, 0.5) is 0 Å². The lowest BCUT2D eigenvalue weighted by atomic mass is 10.0. The zero-order valence-corrected chi connectivity index (χ0v) is 11.7. The van der Waals surface area contributed by atoms with Crippen molar-refractivity contribution in [2.45, 2.75) is 4.90 Å². The third-order valence-corrected chi connectivity index (χ3v) is 4.15.